The maximum atomic E-state index is 13.1. The molecule has 0 saturated heterocycles. The first kappa shape index (κ1) is 22.3. The van der Waals surface area contributed by atoms with Crippen molar-refractivity contribution in [2.45, 2.75) is 31.5 Å². The van der Waals surface area contributed by atoms with Gasteiger partial charge in [0.15, 0.2) is 0 Å². The normalized spacial score (nSPS) is 12.8. The van der Waals surface area contributed by atoms with E-state index >= 15 is 0 Å². The van der Waals surface area contributed by atoms with Crippen molar-refractivity contribution in [2.75, 3.05) is 0 Å². The van der Waals surface area contributed by atoms with Crippen molar-refractivity contribution in [3.63, 3.8) is 0 Å². The molecular formula is C27H26N2O4. The summed E-state index contributed by atoms with van der Waals surface area (Å²) in [5.74, 6) is -1.50. The summed E-state index contributed by atoms with van der Waals surface area (Å²) in [6.07, 6.45) is 2.42. The van der Waals surface area contributed by atoms with Crippen molar-refractivity contribution in [3.8, 4) is 0 Å². The molecule has 4 rings (SSSR count). The number of carbonyl (C=O) groups excluding carboxylic acids is 1. The topological polar surface area (TPSA) is 91.4 Å². The number of aromatic nitrogens is 1. The Labute approximate surface area is 192 Å². The Morgan fingerprint density at radius 1 is 0.818 bits per heavy atom. The lowest BCUT2D eigenvalue weighted by molar-refractivity contribution is -0.148. The molecule has 0 radical (unpaired) electrons. The zero-order valence-corrected chi connectivity index (χ0v) is 18.1. The number of ether oxygens (including phenoxy) is 1. The number of nitrogens with one attached hydrogen (secondary N) is 2. The van der Waals surface area contributed by atoms with E-state index in [0.29, 0.717) is 6.42 Å². The van der Waals surface area contributed by atoms with Gasteiger partial charge in [-0.25, -0.2) is 0 Å². The molecule has 3 N–H and O–H groups in total. The SMILES string of the molecule is O=C(O)[C@H](Cc1ccccc1)N[C@@H](Cc1c[nH]c2ccccc12)C(=O)OCc1ccccc1. The standard InChI is InChI=1S/C27H26N2O4/c30-26(31)24(15-19-9-3-1-4-10-19)29-25(27(32)33-18-20-11-5-2-6-12-20)16-21-17-28-23-14-8-7-13-22(21)23/h1-14,17,24-25,28-29H,15-16,18H2,(H,30,31)/t24-,25-/m0/s1. The van der Waals surface area contributed by atoms with Gasteiger partial charge in [0, 0.05) is 23.5 Å². The quantitative estimate of drug-likeness (QED) is 0.322. The molecule has 1 heterocycles. The number of carbonyl (C=O) groups is 2. The number of esters is 1. The average Bonchev–Trinajstić information content (AvgIpc) is 3.25. The summed E-state index contributed by atoms with van der Waals surface area (Å²) in [6, 6.07) is 24.8. The molecule has 0 fully saturated rings. The number of benzene rings is 3. The fourth-order valence-corrected chi connectivity index (χ4v) is 3.87. The third-order valence-electron chi connectivity index (χ3n) is 5.59. The molecule has 0 aliphatic rings. The van der Waals surface area contributed by atoms with E-state index in [-0.39, 0.29) is 13.0 Å². The van der Waals surface area contributed by atoms with Crippen LogP contribution in [0.2, 0.25) is 0 Å². The summed E-state index contributed by atoms with van der Waals surface area (Å²) in [4.78, 5) is 28.3. The summed E-state index contributed by atoms with van der Waals surface area (Å²) >= 11 is 0. The summed E-state index contributed by atoms with van der Waals surface area (Å²) in [5.41, 5.74) is 3.63. The Morgan fingerprint density at radius 3 is 2.15 bits per heavy atom. The van der Waals surface area contributed by atoms with Gasteiger partial charge in [0.1, 0.15) is 18.7 Å². The zero-order valence-electron chi connectivity index (χ0n) is 18.1. The lowest BCUT2D eigenvalue weighted by atomic mass is 10.0. The summed E-state index contributed by atoms with van der Waals surface area (Å²) in [7, 11) is 0. The monoisotopic (exact) mass is 442 g/mol. The molecule has 33 heavy (non-hydrogen) atoms. The van der Waals surface area contributed by atoms with Gasteiger partial charge in [0.2, 0.25) is 0 Å². The number of hydrogen-bond acceptors (Lipinski definition) is 4. The van der Waals surface area contributed by atoms with Crippen LogP contribution in [0.25, 0.3) is 10.9 Å². The second kappa shape index (κ2) is 10.6. The van der Waals surface area contributed by atoms with Crippen molar-refractivity contribution >= 4 is 22.8 Å². The van der Waals surface area contributed by atoms with Crippen LogP contribution in [-0.4, -0.2) is 34.1 Å². The minimum absolute atomic E-state index is 0.127. The minimum atomic E-state index is -1.02. The lowest BCUT2D eigenvalue weighted by Crippen LogP contribution is -2.49. The summed E-state index contributed by atoms with van der Waals surface area (Å²) < 4.78 is 5.58. The number of para-hydroxylation sites is 1. The first-order chi connectivity index (χ1) is 16.1. The number of carboxylic acids is 1. The van der Waals surface area contributed by atoms with Crippen LogP contribution in [0.4, 0.5) is 0 Å². The van der Waals surface area contributed by atoms with Crippen LogP contribution in [0, 0.1) is 0 Å². The van der Waals surface area contributed by atoms with E-state index in [1.165, 1.54) is 0 Å². The zero-order chi connectivity index (χ0) is 23.0. The second-order valence-electron chi connectivity index (χ2n) is 7.96. The van der Waals surface area contributed by atoms with Gasteiger partial charge in [-0.2, -0.15) is 0 Å². The first-order valence-corrected chi connectivity index (χ1v) is 10.9. The largest absolute Gasteiger partial charge is 0.480 e. The van der Waals surface area contributed by atoms with E-state index < -0.39 is 24.0 Å². The summed E-state index contributed by atoms with van der Waals surface area (Å²) in [6.45, 7) is 0.127. The highest BCUT2D eigenvalue weighted by Crippen LogP contribution is 2.20. The molecule has 0 aliphatic carbocycles. The van der Waals surface area contributed by atoms with Gasteiger partial charge < -0.3 is 14.8 Å². The smallest absolute Gasteiger partial charge is 0.323 e. The van der Waals surface area contributed by atoms with E-state index in [9.17, 15) is 14.7 Å². The molecule has 0 unspecified atom stereocenters. The fraction of sp³-hybridized carbons (Fsp3) is 0.185. The van der Waals surface area contributed by atoms with Crippen LogP contribution in [-0.2, 0) is 33.8 Å². The highest BCUT2D eigenvalue weighted by molar-refractivity contribution is 5.85. The van der Waals surface area contributed by atoms with Crippen molar-refractivity contribution in [3.05, 3.63) is 108 Å². The predicted molar refractivity (Wildman–Crippen MR) is 127 cm³/mol. The highest BCUT2D eigenvalue weighted by atomic mass is 16.5. The predicted octanol–water partition coefficient (Wildman–Crippen LogP) is 4.11. The van der Waals surface area contributed by atoms with Gasteiger partial charge in [-0.15, -0.1) is 0 Å². The molecule has 4 aromatic rings. The molecular weight excluding hydrogens is 416 g/mol. The van der Waals surface area contributed by atoms with Gasteiger partial charge in [0.25, 0.3) is 0 Å². The number of rotatable bonds is 10. The van der Waals surface area contributed by atoms with Gasteiger partial charge in [0.05, 0.1) is 0 Å². The molecule has 6 nitrogen and oxygen atoms in total. The Morgan fingerprint density at radius 2 is 1.45 bits per heavy atom. The fourth-order valence-electron chi connectivity index (χ4n) is 3.87. The Kier molecular flexibility index (Phi) is 7.17. The molecule has 0 amide bonds. The highest BCUT2D eigenvalue weighted by Gasteiger charge is 2.28. The number of H-pyrrole nitrogens is 1. The number of aromatic amines is 1. The van der Waals surface area contributed by atoms with Gasteiger partial charge in [-0.1, -0.05) is 78.9 Å². The Bertz CT molecular complexity index is 1200. The number of hydrogen-bond donors (Lipinski definition) is 3. The molecule has 2 atom stereocenters. The van der Waals surface area contributed by atoms with Crippen LogP contribution in [0.3, 0.4) is 0 Å². The number of fused-ring (bicyclic) bond motifs is 1. The molecule has 0 bridgehead atoms. The molecule has 168 valence electrons. The number of aliphatic carboxylic acids is 1. The Hall–Kier alpha value is -3.90. The molecule has 0 saturated carbocycles. The van der Waals surface area contributed by atoms with Gasteiger partial charge >= 0.3 is 11.9 Å². The maximum absolute atomic E-state index is 13.1. The van der Waals surface area contributed by atoms with Gasteiger partial charge in [-0.05, 0) is 29.2 Å². The van der Waals surface area contributed by atoms with Crippen LogP contribution in [0.1, 0.15) is 16.7 Å². The minimum Gasteiger partial charge on any atom is -0.480 e. The van der Waals surface area contributed by atoms with E-state index in [0.717, 1.165) is 27.6 Å². The molecule has 0 spiro atoms. The lowest BCUT2D eigenvalue weighted by Gasteiger charge is -2.22. The molecule has 1 aromatic heterocycles. The number of carboxylic acid groups (broad SMARTS) is 1. The van der Waals surface area contributed by atoms with Gasteiger partial charge in [-0.3, -0.25) is 14.9 Å². The average molecular weight is 443 g/mol. The van der Waals surface area contributed by atoms with E-state index in [2.05, 4.69) is 10.3 Å². The van der Waals surface area contributed by atoms with E-state index in [1.807, 2.05) is 91.1 Å². The van der Waals surface area contributed by atoms with Crippen molar-refractivity contribution < 1.29 is 19.4 Å². The van der Waals surface area contributed by atoms with Crippen LogP contribution in [0.5, 0.6) is 0 Å². The Balaban J connectivity index is 1.55. The van der Waals surface area contributed by atoms with Crippen LogP contribution in [0.15, 0.2) is 91.1 Å². The molecule has 3 aromatic carbocycles. The third-order valence-corrected chi connectivity index (χ3v) is 5.59. The van der Waals surface area contributed by atoms with E-state index in [1.54, 1.807) is 0 Å². The second-order valence-corrected chi connectivity index (χ2v) is 7.96. The van der Waals surface area contributed by atoms with Crippen LogP contribution >= 0.6 is 0 Å². The summed E-state index contributed by atoms with van der Waals surface area (Å²) in [5, 5.41) is 13.9. The van der Waals surface area contributed by atoms with E-state index in [4.69, 9.17) is 4.74 Å². The van der Waals surface area contributed by atoms with Crippen molar-refractivity contribution in [2.24, 2.45) is 0 Å². The third kappa shape index (κ3) is 5.87. The van der Waals surface area contributed by atoms with Crippen LogP contribution < -0.4 is 5.32 Å². The van der Waals surface area contributed by atoms with Crippen molar-refractivity contribution in [1.82, 2.24) is 10.3 Å². The molecule has 0 aliphatic heterocycles. The first-order valence-electron chi connectivity index (χ1n) is 10.9. The molecule has 6 heteroatoms. The maximum Gasteiger partial charge on any atom is 0.323 e. The van der Waals surface area contributed by atoms with Crippen molar-refractivity contribution in [1.29, 1.82) is 0 Å².